The van der Waals surface area contributed by atoms with Gasteiger partial charge in [-0.05, 0) is 35.9 Å². The van der Waals surface area contributed by atoms with Gasteiger partial charge in [0.15, 0.2) is 0 Å². The molecule has 3 aromatic rings. The summed E-state index contributed by atoms with van der Waals surface area (Å²) in [6.07, 6.45) is 4.85. The first-order valence-corrected chi connectivity index (χ1v) is 7.47. The Hall–Kier alpha value is -3.35. The Morgan fingerprint density at radius 3 is 2.56 bits per heavy atom. The molecule has 3 rings (SSSR count). The second kappa shape index (κ2) is 7.48. The number of benzene rings is 1. The number of carbonyl (C=O) groups is 1. The quantitative estimate of drug-likeness (QED) is 0.744. The molecule has 126 valence electrons. The highest BCUT2D eigenvalue weighted by molar-refractivity contribution is 6.03. The molecule has 2 N–H and O–H groups in total. The number of hydrogen-bond donors (Lipinski definition) is 2. The Kier molecular flexibility index (Phi) is 4.94. The van der Waals surface area contributed by atoms with E-state index in [2.05, 4.69) is 20.6 Å². The van der Waals surface area contributed by atoms with E-state index >= 15 is 0 Å². The summed E-state index contributed by atoms with van der Waals surface area (Å²) >= 11 is 0. The van der Waals surface area contributed by atoms with Gasteiger partial charge >= 0.3 is 0 Å². The van der Waals surface area contributed by atoms with E-state index in [0.717, 1.165) is 17.7 Å². The first kappa shape index (κ1) is 16.5. The van der Waals surface area contributed by atoms with E-state index < -0.39 is 23.2 Å². The van der Waals surface area contributed by atoms with Crippen LogP contribution in [-0.4, -0.2) is 15.9 Å². The number of aromatic nitrogens is 2. The second-order valence-corrected chi connectivity index (χ2v) is 5.20. The van der Waals surface area contributed by atoms with Gasteiger partial charge in [0.25, 0.3) is 5.91 Å². The number of carbonyl (C=O) groups excluding carboxylic acids is 1. The molecular weight excluding hydrogens is 326 g/mol. The van der Waals surface area contributed by atoms with Crippen molar-refractivity contribution in [3.05, 3.63) is 83.9 Å². The molecule has 2 heterocycles. The third-order valence-corrected chi connectivity index (χ3v) is 3.41. The minimum atomic E-state index is -0.848. The zero-order chi connectivity index (χ0) is 17.6. The Morgan fingerprint density at radius 2 is 1.84 bits per heavy atom. The summed E-state index contributed by atoms with van der Waals surface area (Å²) in [7, 11) is 0. The molecule has 0 radical (unpaired) electrons. The molecular formula is C18H14F2N4O. The van der Waals surface area contributed by atoms with Crippen molar-refractivity contribution in [2.45, 2.75) is 6.54 Å². The summed E-state index contributed by atoms with van der Waals surface area (Å²) in [5.41, 5.74) is 1.17. The van der Waals surface area contributed by atoms with Crippen LogP contribution in [-0.2, 0) is 6.54 Å². The fraction of sp³-hybridized carbons (Fsp3) is 0.0556. The van der Waals surface area contributed by atoms with Crippen molar-refractivity contribution in [1.29, 1.82) is 0 Å². The topological polar surface area (TPSA) is 66.9 Å². The van der Waals surface area contributed by atoms with Gasteiger partial charge in [-0.15, -0.1) is 0 Å². The molecule has 0 saturated carbocycles. The highest BCUT2D eigenvalue weighted by Crippen LogP contribution is 2.19. The summed E-state index contributed by atoms with van der Waals surface area (Å²) in [4.78, 5) is 20.2. The molecule has 1 aromatic carbocycles. The lowest BCUT2D eigenvalue weighted by molar-refractivity contribution is 0.102. The second-order valence-electron chi connectivity index (χ2n) is 5.20. The molecule has 0 unspecified atom stereocenters. The van der Waals surface area contributed by atoms with Crippen LogP contribution in [0.4, 0.5) is 20.2 Å². The van der Waals surface area contributed by atoms with Gasteiger partial charge in [0.1, 0.15) is 23.0 Å². The fourth-order valence-electron chi connectivity index (χ4n) is 2.17. The third kappa shape index (κ3) is 4.14. The van der Waals surface area contributed by atoms with Crippen LogP contribution < -0.4 is 10.6 Å². The normalized spacial score (nSPS) is 10.3. The minimum absolute atomic E-state index is 0.0406. The smallest absolute Gasteiger partial charge is 0.274 e. The lowest BCUT2D eigenvalue weighted by Gasteiger charge is -2.09. The maximum absolute atomic E-state index is 13.6. The number of amides is 1. The van der Waals surface area contributed by atoms with Crippen LogP contribution in [0.15, 0.2) is 61.1 Å². The molecule has 0 spiro atoms. The molecule has 0 atom stereocenters. The number of para-hydroxylation sites is 1. The van der Waals surface area contributed by atoms with Crippen LogP contribution in [0.1, 0.15) is 16.1 Å². The number of nitrogens with one attached hydrogen (secondary N) is 2. The molecule has 0 aliphatic rings. The van der Waals surface area contributed by atoms with Crippen LogP contribution in [0.25, 0.3) is 0 Å². The van der Waals surface area contributed by atoms with E-state index in [4.69, 9.17) is 0 Å². The molecule has 0 bridgehead atoms. The van der Waals surface area contributed by atoms with Crippen LogP contribution in [0.3, 0.4) is 0 Å². The summed E-state index contributed by atoms with van der Waals surface area (Å²) in [6, 6.07) is 10.3. The van der Waals surface area contributed by atoms with Crippen molar-refractivity contribution < 1.29 is 13.6 Å². The number of rotatable bonds is 5. The van der Waals surface area contributed by atoms with Crippen LogP contribution in [0.2, 0.25) is 0 Å². The van der Waals surface area contributed by atoms with Gasteiger partial charge < -0.3 is 10.6 Å². The monoisotopic (exact) mass is 340 g/mol. The number of pyridine rings is 2. The van der Waals surface area contributed by atoms with Crippen LogP contribution in [0, 0.1) is 11.6 Å². The molecule has 0 saturated heterocycles. The standard InChI is InChI=1S/C18H14F2N4O/c19-14-4-1-5-15(20)17(14)24-18(25)16-9-13(6-8-22-16)23-11-12-3-2-7-21-10-12/h1-10H,11H2,(H,22,23)(H,24,25). The van der Waals surface area contributed by atoms with Crippen molar-refractivity contribution in [2.24, 2.45) is 0 Å². The Bertz CT molecular complexity index is 867. The van der Waals surface area contributed by atoms with E-state index in [0.29, 0.717) is 12.2 Å². The first-order valence-electron chi connectivity index (χ1n) is 7.47. The van der Waals surface area contributed by atoms with Gasteiger partial charge in [-0.3, -0.25) is 14.8 Å². The Morgan fingerprint density at radius 1 is 1.04 bits per heavy atom. The molecule has 25 heavy (non-hydrogen) atoms. The summed E-state index contributed by atoms with van der Waals surface area (Å²) in [5.74, 6) is -2.40. The first-order chi connectivity index (χ1) is 12.1. The lowest BCUT2D eigenvalue weighted by atomic mass is 10.2. The zero-order valence-corrected chi connectivity index (χ0v) is 13.0. The highest BCUT2D eigenvalue weighted by atomic mass is 19.1. The predicted molar refractivity (Wildman–Crippen MR) is 90.1 cm³/mol. The maximum atomic E-state index is 13.6. The molecule has 2 aromatic heterocycles. The fourth-order valence-corrected chi connectivity index (χ4v) is 2.17. The molecule has 1 amide bonds. The highest BCUT2D eigenvalue weighted by Gasteiger charge is 2.14. The summed E-state index contributed by atoms with van der Waals surface area (Å²) in [6.45, 7) is 0.515. The molecule has 0 fully saturated rings. The van der Waals surface area contributed by atoms with E-state index in [1.165, 1.54) is 18.3 Å². The maximum Gasteiger partial charge on any atom is 0.274 e. The molecule has 7 heteroatoms. The Balaban J connectivity index is 1.71. The van der Waals surface area contributed by atoms with Crippen molar-refractivity contribution in [1.82, 2.24) is 9.97 Å². The average Bonchev–Trinajstić information content (AvgIpc) is 2.64. The van der Waals surface area contributed by atoms with E-state index in [1.54, 1.807) is 18.5 Å². The van der Waals surface area contributed by atoms with Gasteiger partial charge in [0.05, 0.1) is 0 Å². The third-order valence-electron chi connectivity index (χ3n) is 3.41. The molecule has 0 aliphatic carbocycles. The van der Waals surface area contributed by atoms with Gasteiger partial charge in [-0.25, -0.2) is 8.78 Å². The minimum Gasteiger partial charge on any atom is -0.381 e. The van der Waals surface area contributed by atoms with Crippen LogP contribution in [0.5, 0.6) is 0 Å². The van der Waals surface area contributed by atoms with E-state index in [1.807, 2.05) is 12.1 Å². The van der Waals surface area contributed by atoms with E-state index in [9.17, 15) is 13.6 Å². The predicted octanol–water partition coefficient (Wildman–Crippen LogP) is 3.62. The van der Waals surface area contributed by atoms with Crippen molar-refractivity contribution in [3.63, 3.8) is 0 Å². The lowest BCUT2D eigenvalue weighted by Crippen LogP contribution is -2.16. The largest absolute Gasteiger partial charge is 0.381 e. The van der Waals surface area contributed by atoms with Crippen LogP contribution >= 0.6 is 0 Å². The number of halogens is 2. The average molecular weight is 340 g/mol. The number of hydrogen-bond acceptors (Lipinski definition) is 4. The van der Waals surface area contributed by atoms with Gasteiger partial charge in [0, 0.05) is 30.8 Å². The summed E-state index contributed by atoms with van der Waals surface area (Å²) < 4.78 is 27.2. The van der Waals surface area contributed by atoms with E-state index in [-0.39, 0.29) is 5.69 Å². The van der Waals surface area contributed by atoms with Crippen molar-refractivity contribution >= 4 is 17.3 Å². The van der Waals surface area contributed by atoms with Crippen molar-refractivity contribution in [2.75, 3.05) is 10.6 Å². The van der Waals surface area contributed by atoms with Gasteiger partial charge in [-0.1, -0.05) is 12.1 Å². The number of nitrogens with zero attached hydrogens (tertiary/aromatic N) is 2. The SMILES string of the molecule is O=C(Nc1c(F)cccc1F)c1cc(NCc2cccnc2)ccn1. The Labute approximate surface area is 142 Å². The molecule has 0 aliphatic heterocycles. The van der Waals surface area contributed by atoms with Gasteiger partial charge in [-0.2, -0.15) is 0 Å². The van der Waals surface area contributed by atoms with Gasteiger partial charge in [0.2, 0.25) is 0 Å². The zero-order valence-electron chi connectivity index (χ0n) is 13.0. The summed E-state index contributed by atoms with van der Waals surface area (Å²) in [5, 5.41) is 5.34. The number of anilines is 2. The molecule has 5 nitrogen and oxygen atoms in total. The van der Waals surface area contributed by atoms with Crippen molar-refractivity contribution in [3.8, 4) is 0 Å².